The van der Waals surface area contributed by atoms with E-state index >= 15 is 0 Å². The molecule has 0 aromatic heterocycles. The van der Waals surface area contributed by atoms with Crippen LogP contribution in [0.2, 0.25) is 0 Å². The summed E-state index contributed by atoms with van der Waals surface area (Å²) in [7, 11) is -3.47. The zero-order chi connectivity index (χ0) is 15.6. The van der Waals surface area contributed by atoms with E-state index in [0.29, 0.717) is 29.5 Å². The highest BCUT2D eigenvalue weighted by atomic mass is 32.2. The highest BCUT2D eigenvalue weighted by Crippen LogP contribution is 2.27. The summed E-state index contributed by atoms with van der Waals surface area (Å²) in [5, 5.41) is 9.38. The quantitative estimate of drug-likeness (QED) is 0.933. The zero-order valence-corrected chi connectivity index (χ0v) is 13.9. The first-order chi connectivity index (χ1) is 9.86. The molecular formula is C16H25NO3S. The lowest BCUT2D eigenvalue weighted by Crippen LogP contribution is -2.32. The van der Waals surface area contributed by atoms with E-state index in [4.69, 9.17) is 0 Å². The topological polar surface area (TPSA) is 57.6 Å². The highest BCUT2D eigenvalue weighted by molar-refractivity contribution is 7.89. The smallest absolute Gasteiger partial charge is 0.243 e. The van der Waals surface area contributed by atoms with E-state index in [1.54, 1.807) is 10.4 Å². The van der Waals surface area contributed by atoms with Crippen LogP contribution in [0.4, 0.5) is 0 Å². The van der Waals surface area contributed by atoms with Crippen molar-refractivity contribution in [2.75, 3.05) is 13.1 Å². The number of nitrogens with zero attached hydrogens (tertiary/aromatic N) is 1. The zero-order valence-electron chi connectivity index (χ0n) is 13.1. The Kier molecular flexibility index (Phi) is 5.07. The van der Waals surface area contributed by atoms with Gasteiger partial charge in [-0.3, -0.25) is 0 Å². The number of benzene rings is 1. The molecule has 0 radical (unpaired) electrons. The molecule has 0 saturated carbocycles. The summed E-state index contributed by atoms with van der Waals surface area (Å²) in [6.45, 7) is 6.94. The van der Waals surface area contributed by atoms with Gasteiger partial charge in [0.25, 0.3) is 0 Å². The summed E-state index contributed by atoms with van der Waals surface area (Å²) in [4.78, 5) is 0.340. The van der Waals surface area contributed by atoms with Gasteiger partial charge in [-0.25, -0.2) is 8.42 Å². The molecule has 1 atom stereocenters. The lowest BCUT2D eigenvalue weighted by molar-refractivity contribution is 0.280. The molecule has 4 nitrogen and oxygen atoms in total. The molecule has 1 aromatic carbocycles. The minimum absolute atomic E-state index is 0.133. The summed E-state index contributed by atoms with van der Waals surface area (Å²) in [6, 6.07) is 3.48. The highest BCUT2D eigenvalue weighted by Gasteiger charge is 2.28. The van der Waals surface area contributed by atoms with Crippen LogP contribution < -0.4 is 0 Å². The van der Waals surface area contributed by atoms with Gasteiger partial charge in [0.1, 0.15) is 0 Å². The number of rotatable bonds is 3. The molecule has 2 rings (SSSR count). The molecule has 21 heavy (non-hydrogen) atoms. The second-order valence-corrected chi connectivity index (χ2v) is 8.05. The number of hydrogen-bond acceptors (Lipinski definition) is 3. The van der Waals surface area contributed by atoms with Crippen molar-refractivity contribution in [3.8, 4) is 0 Å². The van der Waals surface area contributed by atoms with Crippen LogP contribution in [0.5, 0.6) is 0 Å². The number of hydrogen-bond donors (Lipinski definition) is 1. The Balaban J connectivity index is 2.39. The molecule has 1 unspecified atom stereocenters. The maximum absolute atomic E-state index is 12.9. The molecule has 0 bridgehead atoms. The lowest BCUT2D eigenvalue weighted by atomic mass is 10.0. The van der Waals surface area contributed by atoms with Gasteiger partial charge in [0, 0.05) is 13.1 Å². The maximum Gasteiger partial charge on any atom is 0.243 e. The van der Waals surface area contributed by atoms with Crippen LogP contribution in [0.3, 0.4) is 0 Å². The van der Waals surface area contributed by atoms with Crippen LogP contribution >= 0.6 is 0 Å². The molecule has 1 aromatic rings. The van der Waals surface area contributed by atoms with Gasteiger partial charge in [-0.2, -0.15) is 4.31 Å². The second-order valence-electron chi connectivity index (χ2n) is 6.14. The third-order valence-electron chi connectivity index (χ3n) is 4.40. The van der Waals surface area contributed by atoms with Gasteiger partial charge in [0.15, 0.2) is 0 Å². The maximum atomic E-state index is 12.9. The van der Waals surface area contributed by atoms with E-state index in [1.807, 2.05) is 19.9 Å². The van der Waals surface area contributed by atoms with Crippen molar-refractivity contribution in [2.24, 2.45) is 5.92 Å². The van der Waals surface area contributed by atoms with Crippen molar-refractivity contribution in [1.82, 2.24) is 4.31 Å². The molecule has 1 heterocycles. The molecule has 1 saturated heterocycles. The van der Waals surface area contributed by atoms with Gasteiger partial charge in [-0.05, 0) is 61.8 Å². The van der Waals surface area contributed by atoms with Gasteiger partial charge in [-0.1, -0.05) is 13.0 Å². The van der Waals surface area contributed by atoms with Crippen LogP contribution in [0.1, 0.15) is 42.9 Å². The molecule has 1 fully saturated rings. The van der Waals surface area contributed by atoms with Crippen molar-refractivity contribution >= 4 is 10.0 Å². The van der Waals surface area contributed by atoms with Crippen molar-refractivity contribution < 1.29 is 13.5 Å². The predicted octanol–water partition coefficient (Wildman–Crippen LogP) is 2.61. The number of sulfonamides is 1. The van der Waals surface area contributed by atoms with Crippen LogP contribution in [0.25, 0.3) is 0 Å². The fourth-order valence-electron chi connectivity index (χ4n) is 2.94. The monoisotopic (exact) mass is 311 g/mol. The van der Waals surface area contributed by atoms with Crippen molar-refractivity contribution in [2.45, 2.75) is 51.5 Å². The molecule has 1 aliphatic heterocycles. The van der Waals surface area contributed by atoms with E-state index < -0.39 is 10.0 Å². The Hall–Kier alpha value is -0.910. The Morgan fingerprint density at radius 1 is 1.19 bits per heavy atom. The molecule has 1 aliphatic rings. The largest absolute Gasteiger partial charge is 0.392 e. The van der Waals surface area contributed by atoms with Crippen LogP contribution in [-0.4, -0.2) is 30.9 Å². The van der Waals surface area contributed by atoms with E-state index in [9.17, 15) is 13.5 Å². The van der Waals surface area contributed by atoms with Crippen molar-refractivity contribution in [1.29, 1.82) is 0 Å². The van der Waals surface area contributed by atoms with E-state index in [-0.39, 0.29) is 6.61 Å². The van der Waals surface area contributed by atoms with E-state index in [0.717, 1.165) is 30.4 Å². The normalized spacial score (nSPS) is 21.2. The minimum atomic E-state index is -3.47. The first-order valence-electron chi connectivity index (χ1n) is 7.57. The third-order valence-corrected chi connectivity index (χ3v) is 6.44. The SMILES string of the molecule is Cc1cc(C)c(S(=O)(=O)N2CCCC(C)CC2)cc1CO. The number of aryl methyl sites for hydroxylation is 2. The molecule has 5 heteroatoms. The average molecular weight is 311 g/mol. The van der Waals surface area contributed by atoms with Crippen LogP contribution in [0.15, 0.2) is 17.0 Å². The first kappa shape index (κ1) is 16.5. The number of aliphatic hydroxyl groups is 1. The second kappa shape index (κ2) is 6.46. The summed E-state index contributed by atoms with van der Waals surface area (Å²) >= 11 is 0. The van der Waals surface area contributed by atoms with Gasteiger partial charge < -0.3 is 5.11 Å². The van der Waals surface area contributed by atoms with Crippen LogP contribution in [0, 0.1) is 19.8 Å². The Bertz CT molecular complexity index is 610. The fourth-order valence-corrected chi connectivity index (χ4v) is 4.69. The van der Waals surface area contributed by atoms with Crippen molar-refractivity contribution in [3.05, 3.63) is 28.8 Å². The number of aliphatic hydroxyl groups excluding tert-OH is 1. The standard InChI is InChI=1S/C16H25NO3S/c1-12-5-4-7-17(8-6-12)21(19,20)16-10-15(11-18)13(2)9-14(16)3/h9-10,12,18H,4-8,11H2,1-3H3. The van der Waals surface area contributed by atoms with E-state index in [1.165, 1.54) is 0 Å². The summed E-state index contributed by atoms with van der Waals surface area (Å²) < 4.78 is 27.4. The summed E-state index contributed by atoms with van der Waals surface area (Å²) in [5.74, 6) is 0.581. The fraction of sp³-hybridized carbons (Fsp3) is 0.625. The van der Waals surface area contributed by atoms with E-state index in [2.05, 4.69) is 6.92 Å². The Morgan fingerprint density at radius 3 is 2.57 bits per heavy atom. The van der Waals surface area contributed by atoms with Gasteiger partial charge in [0.05, 0.1) is 11.5 Å². The molecule has 1 N–H and O–H groups in total. The molecule has 0 aliphatic carbocycles. The van der Waals surface area contributed by atoms with Gasteiger partial charge in [0.2, 0.25) is 10.0 Å². The Labute approximate surface area is 127 Å². The average Bonchev–Trinajstić information content (AvgIpc) is 2.63. The lowest BCUT2D eigenvalue weighted by Gasteiger charge is -2.22. The van der Waals surface area contributed by atoms with Crippen LogP contribution in [-0.2, 0) is 16.6 Å². The van der Waals surface area contributed by atoms with Crippen molar-refractivity contribution in [3.63, 3.8) is 0 Å². The molecule has 0 spiro atoms. The first-order valence-corrected chi connectivity index (χ1v) is 9.01. The van der Waals surface area contributed by atoms with Gasteiger partial charge >= 0.3 is 0 Å². The molecule has 118 valence electrons. The molecular weight excluding hydrogens is 286 g/mol. The summed E-state index contributed by atoms with van der Waals surface area (Å²) in [6.07, 6.45) is 2.91. The third kappa shape index (κ3) is 3.47. The Morgan fingerprint density at radius 2 is 1.90 bits per heavy atom. The minimum Gasteiger partial charge on any atom is -0.392 e. The summed E-state index contributed by atoms with van der Waals surface area (Å²) in [5.41, 5.74) is 2.36. The molecule has 0 amide bonds. The van der Waals surface area contributed by atoms with Gasteiger partial charge in [-0.15, -0.1) is 0 Å². The predicted molar refractivity (Wildman–Crippen MR) is 83.6 cm³/mol.